The number of carbonyl (C=O) groups is 1. The number of hydrogen-bond donors (Lipinski definition) is 3. The van der Waals surface area contributed by atoms with E-state index < -0.39 is 5.91 Å². The first kappa shape index (κ1) is 46.5. The summed E-state index contributed by atoms with van der Waals surface area (Å²) in [6.07, 6.45) is 10.9. The van der Waals surface area contributed by atoms with Crippen molar-refractivity contribution < 1.29 is 4.79 Å². The molecule has 0 bridgehead atoms. The Labute approximate surface area is 407 Å². The van der Waals surface area contributed by atoms with E-state index >= 15 is 0 Å². The van der Waals surface area contributed by atoms with Gasteiger partial charge >= 0.3 is 0 Å². The number of primary amides is 1. The zero-order chi connectivity index (χ0) is 49.9. The highest BCUT2D eigenvalue weighted by molar-refractivity contribution is 5.97. The Morgan fingerprint density at radius 1 is 0.620 bits per heavy atom. The summed E-state index contributed by atoms with van der Waals surface area (Å²) in [5.74, 6) is -0.792. The Kier molecular flexibility index (Phi) is 12.8. The van der Waals surface area contributed by atoms with Crippen LogP contribution >= 0.6 is 0 Å². The molecule has 0 aliphatic carbocycles. The molecule has 0 radical (unpaired) electrons. The predicted molar refractivity (Wildman–Crippen MR) is 275 cm³/mol. The summed E-state index contributed by atoms with van der Waals surface area (Å²) in [5.41, 5.74) is 25.0. The number of anilines is 2. The van der Waals surface area contributed by atoms with Crippen LogP contribution in [0.1, 0.15) is 58.8 Å². The number of hydrogen-bond acceptors (Lipinski definition) is 11. The summed E-state index contributed by atoms with van der Waals surface area (Å²) in [6, 6.07) is 34.8. The number of fused-ring (bicyclic) bond motifs is 2. The molecule has 0 saturated carbocycles. The van der Waals surface area contributed by atoms with Gasteiger partial charge in [-0.15, -0.1) is 0 Å². The molecule has 0 spiro atoms. The van der Waals surface area contributed by atoms with Gasteiger partial charge in [-0.25, -0.2) is 24.8 Å². The Morgan fingerprint density at radius 3 is 1.51 bits per heavy atom. The third-order valence-corrected chi connectivity index (χ3v) is 12.4. The van der Waals surface area contributed by atoms with Crippen molar-refractivity contribution in [3.63, 3.8) is 0 Å². The Hall–Kier alpha value is -9.56. The van der Waals surface area contributed by atoms with Crippen molar-refractivity contribution in [2.75, 3.05) is 11.5 Å². The number of amides is 1. The molecule has 6 aromatic heterocycles. The molecule has 71 heavy (non-hydrogen) atoms. The highest BCUT2D eigenvalue weighted by Crippen LogP contribution is 2.33. The van der Waals surface area contributed by atoms with Crippen molar-refractivity contribution in [2.45, 2.75) is 38.5 Å². The summed E-state index contributed by atoms with van der Waals surface area (Å²) >= 11 is 0. The van der Waals surface area contributed by atoms with Crippen LogP contribution in [0.2, 0.25) is 0 Å². The van der Waals surface area contributed by atoms with Gasteiger partial charge in [0.25, 0.3) is 17.0 Å². The highest BCUT2D eigenvalue weighted by atomic mass is 16.1. The molecular formula is C54H48N14O3. The minimum atomic E-state index is -0.628. The van der Waals surface area contributed by atoms with Gasteiger partial charge in [0.05, 0.1) is 46.7 Å². The van der Waals surface area contributed by atoms with Crippen molar-refractivity contribution in [1.29, 1.82) is 0 Å². The number of aromatic nitrogens is 10. The molecule has 0 saturated heterocycles. The zero-order valence-corrected chi connectivity index (χ0v) is 39.3. The standard InChI is InChI=1S/C27H25N7O2.C27H23N7O/c1-16(11-22-21(25(28)35)14-30-27(29)32-22)23-12-17-7-6-10-20(18-13-31-33(2)15-18)24(17)26(36)34(23)19-8-4-3-5-9-19;1-17(12-22-23(29-2)15-30-27(28)32-22)24-13-18-8-7-11-21(19-14-31-33(3)16-19)25(18)26(35)34(24)20-9-5-4-6-10-20/h3-10,12-16H,11H2,1-2H3,(H2,28,35)(H2,29,30,32);4-11,13-17H,12H2,1,3H3,(H2,28,30,32)/t16-;17-/m11/s1. The smallest absolute Gasteiger partial charge is 0.263 e. The van der Waals surface area contributed by atoms with Gasteiger partial charge in [0.2, 0.25) is 17.6 Å². The van der Waals surface area contributed by atoms with E-state index in [9.17, 15) is 14.4 Å². The van der Waals surface area contributed by atoms with E-state index in [-0.39, 0.29) is 40.4 Å². The van der Waals surface area contributed by atoms with Crippen LogP contribution < -0.4 is 28.3 Å². The lowest BCUT2D eigenvalue weighted by Crippen LogP contribution is -2.25. The molecule has 6 heterocycles. The van der Waals surface area contributed by atoms with Crippen molar-refractivity contribution in [1.82, 2.24) is 48.6 Å². The van der Waals surface area contributed by atoms with E-state index in [0.717, 1.165) is 55.8 Å². The van der Waals surface area contributed by atoms with E-state index in [1.807, 2.05) is 143 Å². The lowest BCUT2D eigenvalue weighted by molar-refractivity contribution is 0.0998. The lowest BCUT2D eigenvalue weighted by Gasteiger charge is -2.21. The fourth-order valence-electron chi connectivity index (χ4n) is 9.03. The number of rotatable bonds is 11. The van der Waals surface area contributed by atoms with Crippen molar-refractivity contribution in [3.8, 4) is 33.6 Å². The molecule has 2 atom stereocenters. The first-order chi connectivity index (χ1) is 34.3. The van der Waals surface area contributed by atoms with Gasteiger partial charge in [-0.3, -0.25) is 32.9 Å². The summed E-state index contributed by atoms with van der Waals surface area (Å²) < 4.78 is 6.92. The number of nitrogens with two attached hydrogens (primary N) is 3. The second-order valence-corrected chi connectivity index (χ2v) is 17.3. The highest BCUT2D eigenvalue weighted by Gasteiger charge is 2.24. The molecule has 352 valence electrons. The molecule has 0 fully saturated rings. The average molecular weight is 941 g/mol. The Bertz CT molecular complexity index is 3800. The van der Waals surface area contributed by atoms with Crippen LogP contribution in [-0.4, -0.2) is 54.5 Å². The summed E-state index contributed by atoms with van der Waals surface area (Å²) in [4.78, 5) is 60.2. The maximum absolute atomic E-state index is 14.2. The number of pyridine rings is 2. The molecule has 10 rings (SSSR count). The second kappa shape index (κ2) is 19.6. The molecule has 0 unspecified atom stereocenters. The molecule has 17 heteroatoms. The topological polar surface area (TPSA) is 231 Å². The lowest BCUT2D eigenvalue weighted by atomic mass is 9.94. The van der Waals surface area contributed by atoms with E-state index in [1.54, 1.807) is 30.9 Å². The molecule has 10 aromatic rings. The number of nitrogens with zero attached hydrogens (tertiary/aromatic N) is 11. The molecular weight excluding hydrogens is 893 g/mol. The van der Waals surface area contributed by atoms with E-state index in [2.05, 4.69) is 41.0 Å². The minimum Gasteiger partial charge on any atom is -0.368 e. The van der Waals surface area contributed by atoms with Gasteiger partial charge < -0.3 is 17.2 Å². The normalized spacial score (nSPS) is 12.0. The van der Waals surface area contributed by atoms with E-state index in [0.29, 0.717) is 40.7 Å². The maximum Gasteiger partial charge on any atom is 0.263 e. The van der Waals surface area contributed by atoms with Crippen LogP contribution in [0.4, 0.5) is 17.6 Å². The summed E-state index contributed by atoms with van der Waals surface area (Å²) in [7, 11) is 3.70. The number of aryl methyl sites for hydroxylation is 2. The maximum atomic E-state index is 14.2. The molecule has 0 aliphatic heterocycles. The van der Waals surface area contributed by atoms with Crippen molar-refractivity contribution in [3.05, 3.63) is 207 Å². The van der Waals surface area contributed by atoms with Crippen LogP contribution in [0.5, 0.6) is 0 Å². The third-order valence-electron chi connectivity index (χ3n) is 12.4. The van der Waals surface area contributed by atoms with Crippen LogP contribution in [0.3, 0.4) is 0 Å². The van der Waals surface area contributed by atoms with E-state index in [1.165, 1.54) is 12.4 Å². The molecule has 17 nitrogen and oxygen atoms in total. The Morgan fingerprint density at radius 2 is 1.07 bits per heavy atom. The second-order valence-electron chi connectivity index (χ2n) is 17.3. The van der Waals surface area contributed by atoms with Gasteiger partial charge in [0, 0.05) is 84.6 Å². The molecule has 6 N–H and O–H groups in total. The fraction of sp³-hybridized carbons (Fsp3) is 0.148. The third kappa shape index (κ3) is 9.37. The number of para-hydroxylation sites is 2. The summed E-state index contributed by atoms with van der Waals surface area (Å²) in [5, 5.41) is 11.5. The van der Waals surface area contributed by atoms with Crippen LogP contribution in [0.15, 0.2) is 156 Å². The van der Waals surface area contributed by atoms with Gasteiger partial charge in [-0.2, -0.15) is 10.2 Å². The Balaban J connectivity index is 0.000000176. The first-order valence-corrected chi connectivity index (χ1v) is 22.7. The molecule has 1 amide bonds. The van der Waals surface area contributed by atoms with Gasteiger partial charge in [0.1, 0.15) is 0 Å². The number of carbonyl (C=O) groups excluding carboxylic acids is 1. The number of benzene rings is 4. The fourth-order valence-corrected chi connectivity index (χ4v) is 9.03. The monoisotopic (exact) mass is 940 g/mol. The van der Waals surface area contributed by atoms with E-state index in [4.69, 9.17) is 23.8 Å². The van der Waals surface area contributed by atoms with Gasteiger partial charge in [0.15, 0.2) is 0 Å². The minimum absolute atomic E-state index is 0.0577. The average Bonchev–Trinajstić information content (AvgIpc) is 4.01. The predicted octanol–water partition coefficient (Wildman–Crippen LogP) is 7.87. The largest absolute Gasteiger partial charge is 0.368 e. The van der Waals surface area contributed by atoms with Crippen molar-refractivity contribution in [2.24, 2.45) is 19.8 Å². The van der Waals surface area contributed by atoms with Crippen LogP contribution in [-0.2, 0) is 26.9 Å². The van der Waals surface area contributed by atoms with Crippen LogP contribution in [0, 0.1) is 6.57 Å². The summed E-state index contributed by atoms with van der Waals surface area (Å²) in [6.45, 7) is 11.5. The quantitative estimate of drug-likeness (QED) is 0.106. The van der Waals surface area contributed by atoms with Gasteiger partial charge in [-0.05, 0) is 71.1 Å². The SMILES string of the molecule is C[C@H](Cc1nc(N)ncc1C(N)=O)c1cc2cccc(-c3cnn(C)c3)c2c(=O)n1-c1ccccc1.[C-]#[N+]c1cnc(N)nc1C[C@@H](C)c1cc2cccc(-c3cnn(C)c3)c2c(=O)n1-c1ccccc1. The molecule has 4 aromatic carbocycles. The first-order valence-electron chi connectivity index (χ1n) is 22.7. The molecule has 0 aliphatic rings. The van der Waals surface area contributed by atoms with Crippen LogP contribution in [0.25, 0.3) is 60.0 Å². The van der Waals surface area contributed by atoms with Gasteiger partial charge in [-0.1, -0.05) is 86.6 Å². The zero-order valence-electron chi connectivity index (χ0n) is 39.3. The van der Waals surface area contributed by atoms with Crippen molar-refractivity contribution >= 4 is 45.0 Å². The number of nitrogen functional groups attached to an aromatic ring is 2.